The van der Waals surface area contributed by atoms with Crippen LogP contribution < -0.4 is 0 Å². The van der Waals surface area contributed by atoms with Gasteiger partial charge in [-0.15, -0.1) is 0 Å². The first kappa shape index (κ1) is 12.3. The number of fused-ring (bicyclic) bond motifs is 1. The number of benzene rings is 1. The van der Waals surface area contributed by atoms with E-state index in [2.05, 4.69) is 0 Å². The van der Waals surface area contributed by atoms with Gasteiger partial charge in [0.05, 0.1) is 5.56 Å². The highest BCUT2D eigenvalue weighted by molar-refractivity contribution is 5.94. The van der Waals surface area contributed by atoms with Gasteiger partial charge in [-0.3, -0.25) is 0 Å². The molecule has 0 aliphatic heterocycles. The van der Waals surface area contributed by atoms with E-state index in [0.29, 0.717) is 5.56 Å². The molecule has 1 aromatic carbocycles. The van der Waals surface area contributed by atoms with Crippen LogP contribution in [0.25, 0.3) is 10.9 Å². The van der Waals surface area contributed by atoms with Crippen LogP contribution in [-0.2, 0) is 7.05 Å². The molecular formula is C13H17NO2. The minimum absolute atomic E-state index is 0.340. The number of carboxylic acid groups (broad SMARTS) is 1. The van der Waals surface area contributed by atoms with Crippen LogP contribution >= 0.6 is 0 Å². The Hall–Kier alpha value is -1.77. The summed E-state index contributed by atoms with van der Waals surface area (Å²) in [6.45, 7) is 5.98. The van der Waals surface area contributed by atoms with Crippen LogP contribution in [0.2, 0.25) is 0 Å². The molecule has 16 heavy (non-hydrogen) atoms. The van der Waals surface area contributed by atoms with E-state index in [-0.39, 0.29) is 0 Å². The standard InChI is InChI=1S/C11H11NO2.C2H6/c1-7-6-12(2)10-4-3-8(11(13)14)5-9(7)10;1-2/h3-6H,1-2H3,(H,13,14);1-2H3. The molecule has 0 amide bonds. The first-order chi connectivity index (χ1) is 7.59. The number of hydrogen-bond acceptors (Lipinski definition) is 1. The molecule has 1 aromatic heterocycles. The Labute approximate surface area is 95.3 Å². The van der Waals surface area contributed by atoms with Crippen molar-refractivity contribution < 1.29 is 9.90 Å². The van der Waals surface area contributed by atoms with Gasteiger partial charge >= 0.3 is 5.97 Å². The third-order valence-corrected chi connectivity index (χ3v) is 2.44. The van der Waals surface area contributed by atoms with Gasteiger partial charge in [-0.2, -0.15) is 0 Å². The zero-order valence-corrected chi connectivity index (χ0v) is 10.1. The van der Waals surface area contributed by atoms with E-state index in [1.807, 2.05) is 44.6 Å². The lowest BCUT2D eigenvalue weighted by atomic mass is 10.1. The Morgan fingerprint density at radius 2 is 1.94 bits per heavy atom. The summed E-state index contributed by atoms with van der Waals surface area (Å²) in [5.74, 6) is -0.879. The molecule has 0 saturated carbocycles. The highest BCUT2D eigenvalue weighted by atomic mass is 16.4. The van der Waals surface area contributed by atoms with E-state index >= 15 is 0 Å². The van der Waals surface area contributed by atoms with Crippen LogP contribution in [0.4, 0.5) is 0 Å². The average molecular weight is 219 g/mol. The maximum atomic E-state index is 10.8. The summed E-state index contributed by atoms with van der Waals surface area (Å²) < 4.78 is 2.00. The quantitative estimate of drug-likeness (QED) is 0.800. The van der Waals surface area contributed by atoms with Crippen LogP contribution in [0.15, 0.2) is 24.4 Å². The molecule has 1 N–H and O–H groups in total. The smallest absolute Gasteiger partial charge is 0.335 e. The lowest BCUT2D eigenvalue weighted by Crippen LogP contribution is -1.95. The van der Waals surface area contributed by atoms with E-state index in [0.717, 1.165) is 16.5 Å². The van der Waals surface area contributed by atoms with Crippen molar-refractivity contribution >= 4 is 16.9 Å². The molecule has 3 nitrogen and oxygen atoms in total. The minimum atomic E-state index is -0.879. The van der Waals surface area contributed by atoms with Crippen molar-refractivity contribution in [3.63, 3.8) is 0 Å². The summed E-state index contributed by atoms with van der Waals surface area (Å²) >= 11 is 0. The fraction of sp³-hybridized carbons (Fsp3) is 0.308. The molecule has 2 aromatic rings. The number of hydrogen-bond donors (Lipinski definition) is 1. The fourth-order valence-electron chi connectivity index (χ4n) is 1.72. The van der Waals surface area contributed by atoms with Crippen molar-refractivity contribution in [2.45, 2.75) is 20.8 Å². The van der Waals surface area contributed by atoms with Crippen LogP contribution in [0, 0.1) is 6.92 Å². The van der Waals surface area contributed by atoms with Crippen LogP contribution in [0.3, 0.4) is 0 Å². The summed E-state index contributed by atoms with van der Waals surface area (Å²) in [5, 5.41) is 9.84. The summed E-state index contributed by atoms with van der Waals surface area (Å²) in [5.41, 5.74) is 2.50. The van der Waals surface area contributed by atoms with Gasteiger partial charge in [-0.1, -0.05) is 13.8 Å². The van der Waals surface area contributed by atoms with Crippen LogP contribution in [0.1, 0.15) is 29.8 Å². The Bertz CT molecular complexity index is 512. The number of carbonyl (C=O) groups is 1. The predicted molar refractivity (Wildman–Crippen MR) is 66.0 cm³/mol. The van der Waals surface area contributed by atoms with Gasteiger partial charge in [-0.05, 0) is 30.7 Å². The largest absolute Gasteiger partial charge is 0.478 e. The van der Waals surface area contributed by atoms with Crippen molar-refractivity contribution in [2.75, 3.05) is 0 Å². The van der Waals surface area contributed by atoms with Crippen molar-refractivity contribution in [1.82, 2.24) is 4.57 Å². The van der Waals surface area contributed by atoms with Gasteiger partial charge in [0.15, 0.2) is 0 Å². The Kier molecular flexibility index (Phi) is 3.72. The molecule has 0 saturated heterocycles. The Balaban J connectivity index is 0.000000606. The number of aryl methyl sites for hydroxylation is 2. The van der Waals surface area contributed by atoms with Crippen molar-refractivity contribution in [1.29, 1.82) is 0 Å². The highest BCUT2D eigenvalue weighted by Crippen LogP contribution is 2.21. The summed E-state index contributed by atoms with van der Waals surface area (Å²) in [7, 11) is 1.95. The number of rotatable bonds is 1. The van der Waals surface area contributed by atoms with Crippen molar-refractivity contribution in [2.24, 2.45) is 7.05 Å². The molecule has 0 atom stereocenters. The molecule has 2 rings (SSSR count). The normalized spacial score (nSPS) is 9.75. The molecule has 0 bridgehead atoms. The minimum Gasteiger partial charge on any atom is -0.478 e. The second-order valence-corrected chi connectivity index (χ2v) is 3.46. The van der Waals surface area contributed by atoms with E-state index < -0.39 is 5.97 Å². The molecule has 86 valence electrons. The predicted octanol–water partition coefficient (Wildman–Crippen LogP) is 3.21. The molecule has 1 heterocycles. The highest BCUT2D eigenvalue weighted by Gasteiger charge is 2.07. The zero-order valence-electron chi connectivity index (χ0n) is 10.1. The zero-order chi connectivity index (χ0) is 12.3. The third-order valence-electron chi connectivity index (χ3n) is 2.44. The first-order valence-electron chi connectivity index (χ1n) is 5.38. The monoisotopic (exact) mass is 219 g/mol. The number of aromatic carboxylic acids is 1. The van der Waals surface area contributed by atoms with E-state index in [9.17, 15) is 4.79 Å². The Morgan fingerprint density at radius 3 is 2.50 bits per heavy atom. The lowest BCUT2D eigenvalue weighted by molar-refractivity contribution is 0.0697. The van der Waals surface area contributed by atoms with Crippen molar-refractivity contribution in [3.8, 4) is 0 Å². The van der Waals surface area contributed by atoms with Gasteiger partial charge in [0.1, 0.15) is 0 Å². The Morgan fingerprint density at radius 1 is 1.31 bits per heavy atom. The number of carboxylic acids is 1. The lowest BCUT2D eigenvalue weighted by Gasteiger charge is -1.97. The van der Waals surface area contributed by atoms with E-state index in [1.54, 1.807) is 12.1 Å². The van der Waals surface area contributed by atoms with Crippen molar-refractivity contribution in [3.05, 3.63) is 35.5 Å². The van der Waals surface area contributed by atoms with Gasteiger partial charge in [0.2, 0.25) is 0 Å². The SMILES string of the molecule is CC.Cc1cn(C)c2ccc(C(=O)O)cc12. The maximum absolute atomic E-state index is 10.8. The van der Waals surface area contributed by atoms with Crippen LogP contribution in [0.5, 0.6) is 0 Å². The van der Waals surface area contributed by atoms with Gasteiger partial charge in [0, 0.05) is 24.1 Å². The summed E-state index contributed by atoms with van der Waals surface area (Å²) in [6, 6.07) is 5.18. The number of aromatic nitrogens is 1. The molecule has 0 unspecified atom stereocenters. The fourth-order valence-corrected chi connectivity index (χ4v) is 1.72. The van der Waals surface area contributed by atoms with E-state index in [4.69, 9.17) is 5.11 Å². The van der Waals surface area contributed by atoms with Gasteiger partial charge in [0.25, 0.3) is 0 Å². The summed E-state index contributed by atoms with van der Waals surface area (Å²) in [4.78, 5) is 10.8. The number of nitrogens with zero attached hydrogens (tertiary/aromatic N) is 1. The third kappa shape index (κ3) is 2.08. The van der Waals surface area contributed by atoms with Crippen LogP contribution in [-0.4, -0.2) is 15.6 Å². The van der Waals surface area contributed by atoms with Gasteiger partial charge < -0.3 is 9.67 Å². The second-order valence-electron chi connectivity index (χ2n) is 3.46. The molecule has 0 aliphatic carbocycles. The first-order valence-corrected chi connectivity index (χ1v) is 5.38. The maximum Gasteiger partial charge on any atom is 0.335 e. The van der Waals surface area contributed by atoms with E-state index in [1.165, 1.54) is 0 Å². The van der Waals surface area contributed by atoms with Gasteiger partial charge in [-0.25, -0.2) is 4.79 Å². The molecule has 0 fully saturated rings. The molecule has 0 aliphatic rings. The average Bonchev–Trinajstić information content (AvgIpc) is 2.57. The topological polar surface area (TPSA) is 42.2 Å². The molecule has 3 heteroatoms. The molecule has 0 radical (unpaired) electrons. The summed E-state index contributed by atoms with van der Waals surface area (Å²) in [6.07, 6.45) is 2.00. The molecular weight excluding hydrogens is 202 g/mol. The molecule has 0 spiro atoms. The second kappa shape index (κ2) is 4.84.